The third kappa shape index (κ3) is 5.98. The molecule has 0 aliphatic heterocycles. The number of methoxy groups -OCH3 is 1. The van der Waals surface area contributed by atoms with Crippen LogP contribution in [0.4, 0.5) is 11.6 Å². The van der Waals surface area contributed by atoms with Crippen LogP contribution in [0.2, 0.25) is 0 Å². The molecule has 144 valence electrons. The second kappa shape index (κ2) is 9.91. The van der Waals surface area contributed by atoms with Gasteiger partial charge in [0.1, 0.15) is 17.3 Å². The molecule has 2 aromatic carbocycles. The number of rotatable bonds is 9. The molecule has 28 heavy (non-hydrogen) atoms. The molecule has 0 fully saturated rings. The third-order valence-corrected chi connectivity index (χ3v) is 3.90. The number of anilines is 2. The molecule has 0 unspecified atom stereocenters. The monoisotopic (exact) mass is 378 g/mol. The van der Waals surface area contributed by atoms with Crippen LogP contribution in [0.5, 0.6) is 11.5 Å². The third-order valence-electron chi connectivity index (χ3n) is 3.90. The lowest BCUT2D eigenvalue weighted by Crippen LogP contribution is -2.21. The first kappa shape index (κ1) is 19.2. The number of nitrogens with one attached hydrogen (secondary N) is 2. The smallest absolute Gasteiger partial charge is 0.263 e. The summed E-state index contributed by atoms with van der Waals surface area (Å²) >= 11 is 0. The van der Waals surface area contributed by atoms with Gasteiger partial charge >= 0.3 is 0 Å². The summed E-state index contributed by atoms with van der Waals surface area (Å²) in [6.07, 6.45) is 0.828. The zero-order chi connectivity index (χ0) is 19.6. The Morgan fingerprint density at radius 3 is 2.43 bits per heavy atom. The molecule has 3 rings (SSSR count). The molecule has 0 bridgehead atoms. The predicted octanol–water partition coefficient (Wildman–Crippen LogP) is 3.16. The lowest BCUT2D eigenvalue weighted by atomic mass is 10.1. The van der Waals surface area contributed by atoms with E-state index in [1.165, 1.54) is 5.56 Å². The summed E-state index contributed by atoms with van der Waals surface area (Å²) in [6.45, 7) is 0.616. The van der Waals surface area contributed by atoms with Crippen molar-refractivity contribution in [2.45, 2.75) is 6.42 Å². The van der Waals surface area contributed by atoms with Gasteiger partial charge in [-0.1, -0.05) is 30.3 Å². The van der Waals surface area contributed by atoms with Crippen molar-refractivity contribution in [3.8, 4) is 11.5 Å². The minimum atomic E-state index is -0.295. The van der Waals surface area contributed by atoms with E-state index in [9.17, 15) is 4.79 Å². The van der Waals surface area contributed by atoms with Gasteiger partial charge in [0.05, 0.1) is 7.11 Å². The Labute approximate surface area is 163 Å². The van der Waals surface area contributed by atoms with Crippen LogP contribution < -0.4 is 20.1 Å². The van der Waals surface area contributed by atoms with Gasteiger partial charge in [-0.25, -0.2) is 0 Å². The molecule has 0 spiro atoms. The molecule has 0 saturated carbocycles. The average molecular weight is 378 g/mol. The van der Waals surface area contributed by atoms with Gasteiger partial charge in [-0.2, -0.15) is 0 Å². The van der Waals surface area contributed by atoms with E-state index in [-0.39, 0.29) is 12.5 Å². The Morgan fingerprint density at radius 2 is 1.68 bits per heavy atom. The first-order chi connectivity index (χ1) is 13.7. The van der Waals surface area contributed by atoms with E-state index in [4.69, 9.17) is 9.47 Å². The molecular weight excluding hydrogens is 356 g/mol. The zero-order valence-corrected chi connectivity index (χ0v) is 15.6. The first-order valence-electron chi connectivity index (χ1n) is 8.91. The fourth-order valence-electron chi connectivity index (χ4n) is 2.50. The highest BCUT2D eigenvalue weighted by Gasteiger charge is 2.05. The summed E-state index contributed by atoms with van der Waals surface area (Å²) in [5.74, 6) is 2.20. The SMILES string of the molecule is COc1cccc(CCNc2ccc(NC(=O)COc3ccccc3)nn2)c1. The van der Waals surface area contributed by atoms with Crippen molar-refractivity contribution in [3.63, 3.8) is 0 Å². The molecule has 3 aromatic rings. The Hall–Kier alpha value is -3.61. The number of hydrogen-bond donors (Lipinski definition) is 2. The van der Waals surface area contributed by atoms with Crippen LogP contribution in [-0.4, -0.2) is 36.4 Å². The molecule has 7 nitrogen and oxygen atoms in total. The number of carbonyl (C=O) groups excluding carboxylic acids is 1. The minimum Gasteiger partial charge on any atom is -0.497 e. The van der Waals surface area contributed by atoms with Gasteiger partial charge in [0, 0.05) is 6.54 Å². The van der Waals surface area contributed by atoms with E-state index in [2.05, 4.69) is 20.8 Å². The molecule has 0 saturated heterocycles. The van der Waals surface area contributed by atoms with E-state index in [1.807, 2.05) is 42.5 Å². The van der Waals surface area contributed by atoms with Crippen LogP contribution in [0.1, 0.15) is 5.56 Å². The van der Waals surface area contributed by atoms with Crippen molar-refractivity contribution in [1.29, 1.82) is 0 Å². The second-order valence-corrected chi connectivity index (χ2v) is 5.98. The fraction of sp³-hybridized carbons (Fsp3) is 0.190. The van der Waals surface area contributed by atoms with Crippen LogP contribution in [0.3, 0.4) is 0 Å². The lowest BCUT2D eigenvalue weighted by molar-refractivity contribution is -0.118. The number of amides is 1. The largest absolute Gasteiger partial charge is 0.497 e. The van der Waals surface area contributed by atoms with Crippen molar-refractivity contribution in [3.05, 3.63) is 72.3 Å². The van der Waals surface area contributed by atoms with Crippen LogP contribution in [0, 0.1) is 0 Å². The topological polar surface area (TPSA) is 85.4 Å². The van der Waals surface area contributed by atoms with E-state index < -0.39 is 0 Å². The van der Waals surface area contributed by atoms with E-state index in [0.29, 0.717) is 23.9 Å². The number of hydrogen-bond acceptors (Lipinski definition) is 6. The number of nitrogens with zero attached hydrogens (tertiary/aromatic N) is 2. The number of ether oxygens (including phenoxy) is 2. The van der Waals surface area contributed by atoms with Gasteiger partial charge in [-0.15, -0.1) is 10.2 Å². The van der Waals surface area contributed by atoms with Crippen LogP contribution in [-0.2, 0) is 11.2 Å². The summed E-state index contributed by atoms with van der Waals surface area (Å²) in [4.78, 5) is 11.9. The molecule has 0 radical (unpaired) electrons. The van der Waals surface area contributed by atoms with Crippen LogP contribution in [0.15, 0.2) is 66.7 Å². The molecule has 1 amide bonds. The number of carbonyl (C=O) groups is 1. The maximum atomic E-state index is 11.9. The molecule has 2 N–H and O–H groups in total. The van der Waals surface area contributed by atoms with Crippen LogP contribution in [0.25, 0.3) is 0 Å². The predicted molar refractivity (Wildman–Crippen MR) is 108 cm³/mol. The van der Waals surface area contributed by atoms with Crippen molar-refractivity contribution < 1.29 is 14.3 Å². The highest BCUT2D eigenvalue weighted by atomic mass is 16.5. The molecule has 0 aliphatic rings. The van der Waals surface area contributed by atoms with Gasteiger partial charge in [-0.05, 0) is 48.4 Å². The molecular formula is C21H22N4O3. The average Bonchev–Trinajstić information content (AvgIpc) is 2.74. The Morgan fingerprint density at radius 1 is 0.929 bits per heavy atom. The zero-order valence-electron chi connectivity index (χ0n) is 15.6. The fourth-order valence-corrected chi connectivity index (χ4v) is 2.50. The molecule has 0 atom stereocenters. The number of para-hydroxylation sites is 1. The van der Waals surface area contributed by atoms with Crippen molar-refractivity contribution >= 4 is 17.5 Å². The highest BCUT2D eigenvalue weighted by molar-refractivity contribution is 5.90. The summed E-state index contributed by atoms with van der Waals surface area (Å²) < 4.78 is 10.6. The summed E-state index contributed by atoms with van der Waals surface area (Å²) in [7, 11) is 1.65. The molecule has 1 heterocycles. The molecule has 0 aliphatic carbocycles. The maximum absolute atomic E-state index is 11.9. The Balaban J connectivity index is 1.42. The summed E-state index contributed by atoms with van der Waals surface area (Å²) in [5.41, 5.74) is 1.17. The minimum absolute atomic E-state index is 0.0910. The Bertz CT molecular complexity index is 886. The summed E-state index contributed by atoms with van der Waals surface area (Å²) in [6, 6.07) is 20.6. The standard InChI is InChI=1S/C21H22N4O3/c1-27-18-9-5-6-16(14-18)12-13-22-19-10-11-20(25-24-19)23-21(26)15-28-17-7-3-2-4-8-17/h2-11,14H,12-13,15H2,1H3,(H,22,24)(H,23,25,26). The van der Waals surface area contributed by atoms with Crippen molar-refractivity contribution in [2.24, 2.45) is 0 Å². The highest BCUT2D eigenvalue weighted by Crippen LogP contribution is 2.13. The second-order valence-electron chi connectivity index (χ2n) is 5.98. The molecule has 7 heteroatoms. The normalized spacial score (nSPS) is 10.2. The number of aromatic nitrogens is 2. The number of benzene rings is 2. The van der Waals surface area contributed by atoms with Gasteiger partial charge in [0.25, 0.3) is 5.91 Å². The van der Waals surface area contributed by atoms with Crippen molar-refractivity contribution in [2.75, 3.05) is 30.9 Å². The van der Waals surface area contributed by atoms with Gasteiger partial charge in [0.15, 0.2) is 12.4 Å². The van der Waals surface area contributed by atoms with E-state index in [1.54, 1.807) is 31.4 Å². The quantitative estimate of drug-likeness (QED) is 0.595. The first-order valence-corrected chi connectivity index (χ1v) is 8.91. The maximum Gasteiger partial charge on any atom is 0.263 e. The molecule has 1 aromatic heterocycles. The van der Waals surface area contributed by atoms with Gasteiger partial charge in [0.2, 0.25) is 0 Å². The van der Waals surface area contributed by atoms with Gasteiger partial charge < -0.3 is 20.1 Å². The lowest BCUT2D eigenvalue weighted by Gasteiger charge is -2.08. The summed E-state index contributed by atoms with van der Waals surface area (Å²) in [5, 5.41) is 13.9. The van der Waals surface area contributed by atoms with E-state index >= 15 is 0 Å². The van der Waals surface area contributed by atoms with Gasteiger partial charge in [-0.3, -0.25) is 4.79 Å². The van der Waals surface area contributed by atoms with Crippen molar-refractivity contribution in [1.82, 2.24) is 10.2 Å². The van der Waals surface area contributed by atoms with Crippen LogP contribution >= 0.6 is 0 Å². The Kier molecular flexibility index (Phi) is 6.78. The van der Waals surface area contributed by atoms with E-state index in [0.717, 1.165) is 12.2 Å².